The van der Waals surface area contributed by atoms with E-state index in [0.29, 0.717) is 12.2 Å². The van der Waals surface area contributed by atoms with E-state index in [4.69, 9.17) is 4.74 Å². The van der Waals surface area contributed by atoms with Gasteiger partial charge in [0.25, 0.3) is 0 Å². The van der Waals surface area contributed by atoms with Gasteiger partial charge < -0.3 is 9.84 Å². The molecule has 3 unspecified atom stereocenters. The highest BCUT2D eigenvalue weighted by Crippen LogP contribution is 2.43. The van der Waals surface area contributed by atoms with Crippen molar-refractivity contribution in [3.63, 3.8) is 0 Å². The van der Waals surface area contributed by atoms with E-state index in [1.165, 1.54) is 38.5 Å². The molecule has 0 spiro atoms. The van der Waals surface area contributed by atoms with Crippen LogP contribution in [0, 0.1) is 11.8 Å². The maximum atomic E-state index is 9.47. The fraction of sp³-hybridized carbons (Fsp3) is 1.00. The number of aliphatic hydroxyl groups is 1. The molecule has 0 aromatic rings. The second kappa shape index (κ2) is 4.06. The van der Waals surface area contributed by atoms with Gasteiger partial charge in [-0.1, -0.05) is 0 Å². The summed E-state index contributed by atoms with van der Waals surface area (Å²) in [6, 6.07) is 0. The molecule has 0 aromatic carbocycles. The summed E-state index contributed by atoms with van der Waals surface area (Å²) in [7, 11) is 0. The summed E-state index contributed by atoms with van der Waals surface area (Å²) >= 11 is 0. The average molecular weight is 210 g/mol. The number of ether oxygens (including phenoxy) is 1. The largest absolute Gasteiger partial charge is 0.393 e. The molecule has 4 aliphatic rings. The lowest BCUT2D eigenvalue weighted by Gasteiger charge is -2.48. The van der Waals surface area contributed by atoms with Gasteiger partial charge in [-0.3, -0.25) is 0 Å². The molecule has 2 heteroatoms. The Morgan fingerprint density at radius 3 is 2.33 bits per heavy atom. The van der Waals surface area contributed by atoms with Crippen LogP contribution in [-0.2, 0) is 4.74 Å². The van der Waals surface area contributed by atoms with E-state index in [9.17, 15) is 5.11 Å². The second-order valence-electron chi connectivity index (χ2n) is 5.78. The number of rotatable bonds is 2. The van der Waals surface area contributed by atoms with Crippen LogP contribution in [0.1, 0.15) is 51.4 Å². The zero-order valence-electron chi connectivity index (χ0n) is 9.40. The lowest BCUT2D eigenvalue weighted by Crippen LogP contribution is -2.48. The molecule has 0 radical (unpaired) electrons. The highest BCUT2D eigenvalue weighted by Gasteiger charge is 2.41. The van der Waals surface area contributed by atoms with Crippen molar-refractivity contribution in [1.82, 2.24) is 0 Å². The minimum Gasteiger partial charge on any atom is -0.393 e. The first kappa shape index (κ1) is 10.1. The molecule has 86 valence electrons. The third-order valence-corrected chi connectivity index (χ3v) is 4.70. The molecular weight excluding hydrogens is 188 g/mol. The van der Waals surface area contributed by atoms with Crippen LogP contribution >= 0.6 is 0 Å². The van der Waals surface area contributed by atoms with Gasteiger partial charge in [-0.15, -0.1) is 0 Å². The Kier molecular flexibility index (Phi) is 2.73. The van der Waals surface area contributed by atoms with Gasteiger partial charge in [0.2, 0.25) is 0 Å². The van der Waals surface area contributed by atoms with Crippen LogP contribution in [-0.4, -0.2) is 23.4 Å². The molecule has 2 aliphatic heterocycles. The first-order valence-corrected chi connectivity index (χ1v) is 6.65. The predicted octanol–water partition coefficient (Wildman–Crippen LogP) is 2.50. The number of hydrogen-bond donors (Lipinski definition) is 1. The quantitative estimate of drug-likeness (QED) is 0.758. The number of aliphatic hydroxyl groups excluding tert-OH is 1. The van der Waals surface area contributed by atoms with Crippen LogP contribution < -0.4 is 0 Å². The van der Waals surface area contributed by atoms with E-state index in [1.807, 2.05) is 0 Å². The Morgan fingerprint density at radius 1 is 1.00 bits per heavy atom. The average Bonchev–Trinajstić information content (AvgIpc) is 2.21. The van der Waals surface area contributed by atoms with E-state index in [-0.39, 0.29) is 6.10 Å². The molecule has 2 nitrogen and oxygen atoms in total. The Balaban J connectivity index is 1.48. The Bertz CT molecular complexity index is 212. The summed E-state index contributed by atoms with van der Waals surface area (Å²) in [6.07, 6.45) is 11.2. The maximum absolute atomic E-state index is 9.47. The molecular formula is C13H22O2. The first-order chi connectivity index (χ1) is 7.31. The highest BCUT2D eigenvalue weighted by molar-refractivity contribution is 4.91. The van der Waals surface area contributed by atoms with Crippen molar-refractivity contribution < 1.29 is 9.84 Å². The molecule has 2 saturated carbocycles. The summed E-state index contributed by atoms with van der Waals surface area (Å²) in [4.78, 5) is 0. The summed E-state index contributed by atoms with van der Waals surface area (Å²) in [5.74, 6) is 1.72. The molecule has 0 amide bonds. The molecule has 0 aromatic heterocycles. The monoisotopic (exact) mass is 210 g/mol. The van der Waals surface area contributed by atoms with Gasteiger partial charge in [0.1, 0.15) is 0 Å². The van der Waals surface area contributed by atoms with E-state index in [2.05, 4.69) is 0 Å². The van der Waals surface area contributed by atoms with E-state index < -0.39 is 0 Å². The van der Waals surface area contributed by atoms with E-state index >= 15 is 0 Å². The molecule has 2 saturated heterocycles. The summed E-state index contributed by atoms with van der Waals surface area (Å²) in [5.41, 5.74) is 0. The lowest BCUT2D eigenvalue weighted by molar-refractivity contribution is -0.189. The minimum absolute atomic E-state index is 0.00283. The molecule has 2 bridgehead atoms. The van der Waals surface area contributed by atoms with E-state index in [0.717, 1.165) is 24.7 Å². The van der Waals surface area contributed by atoms with Crippen molar-refractivity contribution in [2.45, 2.75) is 69.7 Å². The Morgan fingerprint density at radius 2 is 1.73 bits per heavy atom. The topological polar surface area (TPSA) is 29.5 Å². The van der Waals surface area contributed by atoms with Gasteiger partial charge in [0, 0.05) is 6.42 Å². The van der Waals surface area contributed by atoms with Gasteiger partial charge in [0.15, 0.2) is 0 Å². The third kappa shape index (κ3) is 2.07. The van der Waals surface area contributed by atoms with Crippen molar-refractivity contribution >= 4 is 0 Å². The fourth-order valence-corrected chi connectivity index (χ4v) is 3.65. The molecule has 2 heterocycles. The van der Waals surface area contributed by atoms with Gasteiger partial charge >= 0.3 is 0 Å². The SMILES string of the molecule is OC1CCC(CC2CCC3CC2O3)CC1. The standard InChI is InChI=1S/C13H22O2/c14-11-4-1-9(2-5-11)7-10-3-6-12-8-13(10)15-12/h9-14H,1-8H2. The van der Waals surface area contributed by atoms with Crippen LogP contribution in [0.15, 0.2) is 0 Å². The molecule has 4 rings (SSSR count). The highest BCUT2D eigenvalue weighted by atomic mass is 16.5. The predicted molar refractivity (Wildman–Crippen MR) is 58.6 cm³/mol. The molecule has 2 aliphatic carbocycles. The Labute approximate surface area is 92.0 Å². The molecule has 1 N–H and O–H groups in total. The van der Waals surface area contributed by atoms with Crippen LogP contribution in [0.4, 0.5) is 0 Å². The third-order valence-electron chi connectivity index (χ3n) is 4.70. The maximum Gasteiger partial charge on any atom is 0.0631 e. The number of hydrogen-bond acceptors (Lipinski definition) is 2. The molecule has 4 fully saturated rings. The zero-order valence-corrected chi connectivity index (χ0v) is 9.40. The molecule has 15 heavy (non-hydrogen) atoms. The lowest BCUT2D eigenvalue weighted by atomic mass is 9.73. The zero-order chi connectivity index (χ0) is 10.3. The van der Waals surface area contributed by atoms with Crippen LogP contribution in [0.5, 0.6) is 0 Å². The second-order valence-corrected chi connectivity index (χ2v) is 5.78. The fourth-order valence-electron chi connectivity index (χ4n) is 3.65. The normalized spacial score (nSPS) is 49.8. The van der Waals surface area contributed by atoms with Crippen molar-refractivity contribution in [3.8, 4) is 0 Å². The van der Waals surface area contributed by atoms with Gasteiger partial charge in [-0.25, -0.2) is 0 Å². The van der Waals surface area contributed by atoms with Crippen LogP contribution in [0.3, 0.4) is 0 Å². The van der Waals surface area contributed by atoms with Gasteiger partial charge in [-0.2, -0.15) is 0 Å². The van der Waals surface area contributed by atoms with Crippen molar-refractivity contribution in [1.29, 1.82) is 0 Å². The van der Waals surface area contributed by atoms with Crippen LogP contribution in [0.2, 0.25) is 0 Å². The van der Waals surface area contributed by atoms with Crippen molar-refractivity contribution in [2.24, 2.45) is 11.8 Å². The molecule has 3 atom stereocenters. The summed E-state index contributed by atoms with van der Waals surface area (Å²) in [6.45, 7) is 0. The van der Waals surface area contributed by atoms with Crippen molar-refractivity contribution in [3.05, 3.63) is 0 Å². The van der Waals surface area contributed by atoms with Crippen molar-refractivity contribution in [2.75, 3.05) is 0 Å². The van der Waals surface area contributed by atoms with E-state index in [1.54, 1.807) is 0 Å². The first-order valence-electron chi connectivity index (χ1n) is 6.65. The minimum atomic E-state index is -0.00283. The van der Waals surface area contributed by atoms with Crippen LogP contribution in [0.25, 0.3) is 0 Å². The number of fused-ring (bicyclic) bond motifs is 2. The smallest absolute Gasteiger partial charge is 0.0631 e. The van der Waals surface area contributed by atoms with Gasteiger partial charge in [-0.05, 0) is 56.8 Å². The summed E-state index contributed by atoms with van der Waals surface area (Å²) < 4.78 is 5.80. The summed E-state index contributed by atoms with van der Waals surface area (Å²) in [5, 5.41) is 9.47. The Hall–Kier alpha value is -0.0800. The van der Waals surface area contributed by atoms with Gasteiger partial charge in [0.05, 0.1) is 18.3 Å².